The lowest BCUT2D eigenvalue weighted by molar-refractivity contribution is -0.683. The minimum absolute atomic E-state index is 0.151. The maximum atomic E-state index is 13.4. The SMILES string of the molecule is CCCCCCCCCCCCCCOc1c(NC(=O)c2ccccc2C[n+]2csc(C)c2)cccc1OC. The Balaban J connectivity index is 1.47. The van der Waals surface area contributed by atoms with Gasteiger partial charge in [-0.2, -0.15) is 4.57 Å². The van der Waals surface area contributed by atoms with Crippen molar-refractivity contribution in [2.24, 2.45) is 0 Å². The Kier molecular flexibility index (Phi) is 13.9. The number of anilines is 1. The van der Waals surface area contributed by atoms with Crippen molar-refractivity contribution in [2.45, 2.75) is 97.4 Å². The Labute approximate surface area is 239 Å². The number of benzene rings is 2. The van der Waals surface area contributed by atoms with E-state index in [0.29, 0.717) is 35.9 Å². The highest BCUT2D eigenvalue weighted by Crippen LogP contribution is 2.35. The third-order valence-electron chi connectivity index (χ3n) is 7.03. The van der Waals surface area contributed by atoms with E-state index >= 15 is 0 Å². The van der Waals surface area contributed by atoms with Crippen molar-refractivity contribution in [1.82, 2.24) is 0 Å². The maximum Gasteiger partial charge on any atom is 0.256 e. The molecule has 0 radical (unpaired) electrons. The van der Waals surface area contributed by atoms with Crippen molar-refractivity contribution in [1.29, 1.82) is 0 Å². The van der Waals surface area contributed by atoms with Crippen LogP contribution in [0.25, 0.3) is 0 Å². The van der Waals surface area contributed by atoms with E-state index in [9.17, 15) is 4.79 Å². The normalized spacial score (nSPS) is 10.9. The summed E-state index contributed by atoms with van der Waals surface area (Å²) in [6.45, 7) is 5.61. The quantitative estimate of drug-likeness (QED) is 0.120. The first-order chi connectivity index (χ1) is 19.1. The lowest BCUT2D eigenvalue weighted by atomic mass is 10.1. The summed E-state index contributed by atoms with van der Waals surface area (Å²) in [4.78, 5) is 14.6. The van der Waals surface area contributed by atoms with Crippen LogP contribution in [0.15, 0.2) is 54.2 Å². The van der Waals surface area contributed by atoms with Crippen molar-refractivity contribution in [3.63, 3.8) is 0 Å². The number of amides is 1. The molecule has 0 bridgehead atoms. The molecule has 1 heterocycles. The Morgan fingerprint density at radius 2 is 1.54 bits per heavy atom. The number of aryl methyl sites for hydroxylation is 1. The third-order valence-corrected chi connectivity index (χ3v) is 7.88. The van der Waals surface area contributed by atoms with Gasteiger partial charge < -0.3 is 14.8 Å². The van der Waals surface area contributed by atoms with Gasteiger partial charge in [-0.1, -0.05) is 113 Å². The molecule has 0 aliphatic carbocycles. The zero-order valence-electron chi connectivity index (χ0n) is 24.2. The average Bonchev–Trinajstić information content (AvgIpc) is 3.36. The van der Waals surface area contributed by atoms with E-state index in [2.05, 4.69) is 35.4 Å². The highest BCUT2D eigenvalue weighted by Gasteiger charge is 2.18. The molecule has 0 saturated heterocycles. The second-order valence-electron chi connectivity index (χ2n) is 10.3. The molecule has 1 amide bonds. The highest BCUT2D eigenvalue weighted by molar-refractivity contribution is 7.09. The number of methoxy groups -OCH3 is 1. The molecule has 0 aliphatic heterocycles. The average molecular weight is 552 g/mol. The number of unbranched alkanes of at least 4 members (excludes halogenated alkanes) is 11. The molecule has 1 N–H and O–H groups in total. The number of nitrogens with one attached hydrogen (secondary N) is 1. The maximum absolute atomic E-state index is 13.4. The third kappa shape index (κ3) is 10.7. The summed E-state index contributed by atoms with van der Waals surface area (Å²) >= 11 is 1.70. The molecule has 0 aliphatic rings. The predicted octanol–water partition coefficient (Wildman–Crippen LogP) is 8.73. The summed E-state index contributed by atoms with van der Waals surface area (Å²) in [5.41, 5.74) is 4.34. The van der Waals surface area contributed by atoms with Crippen molar-refractivity contribution in [3.05, 3.63) is 70.2 Å². The highest BCUT2D eigenvalue weighted by atomic mass is 32.1. The number of hydrogen-bond donors (Lipinski definition) is 1. The molecule has 3 aromatic rings. The van der Waals surface area contributed by atoms with Crippen LogP contribution in [0.2, 0.25) is 0 Å². The largest absolute Gasteiger partial charge is 0.493 e. The first-order valence-electron chi connectivity index (χ1n) is 14.8. The van der Waals surface area contributed by atoms with Gasteiger partial charge in [-0.05, 0) is 31.5 Å². The minimum Gasteiger partial charge on any atom is -0.493 e. The fraction of sp³-hybridized carbons (Fsp3) is 0.515. The van der Waals surface area contributed by atoms with E-state index in [-0.39, 0.29) is 5.91 Å². The lowest BCUT2D eigenvalue weighted by Gasteiger charge is -2.16. The fourth-order valence-corrected chi connectivity index (χ4v) is 5.47. The zero-order chi connectivity index (χ0) is 27.7. The molecule has 1 aromatic heterocycles. The molecule has 0 fully saturated rings. The van der Waals surface area contributed by atoms with Crippen molar-refractivity contribution >= 4 is 22.9 Å². The first kappa shape index (κ1) is 30.7. The summed E-state index contributed by atoms with van der Waals surface area (Å²) in [6.07, 6.45) is 17.8. The van der Waals surface area contributed by atoms with Gasteiger partial charge in [-0.15, -0.1) is 0 Å². The summed E-state index contributed by atoms with van der Waals surface area (Å²) in [7, 11) is 1.63. The number of thiazole rings is 1. The summed E-state index contributed by atoms with van der Waals surface area (Å²) in [6, 6.07) is 13.4. The number of carbonyl (C=O) groups is 1. The monoisotopic (exact) mass is 551 g/mol. The van der Waals surface area contributed by atoms with Gasteiger partial charge in [0.25, 0.3) is 5.91 Å². The van der Waals surface area contributed by atoms with Gasteiger partial charge >= 0.3 is 0 Å². The van der Waals surface area contributed by atoms with Gasteiger partial charge in [0.2, 0.25) is 5.51 Å². The van der Waals surface area contributed by atoms with Crippen molar-refractivity contribution in [3.8, 4) is 11.5 Å². The smallest absolute Gasteiger partial charge is 0.256 e. The summed E-state index contributed by atoms with van der Waals surface area (Å²) in [5, 5.41) is 3.08. The molecule has 0 spiro atoms. The van der Waals surface area contributed by atoms with Gasteiger partial charge in [0.05, 0.1) is 24.3 Å². The fourth-order valence-electron chi connectivity index (χ4n) is 4.84. The molecular weight excluding hydrogens is 504 g/mol. The molecule has 212 valence electrons. The number of carbonyl (C=O) groups excluding carboxylic acids is 1. The van der Waals surface area contributed by atoms with Crippen LogP contribution in [0.1, 0.15) is 105 Å². The van der Waals surface area contributed by atoms with E-state index < -0.39 is 0 Å². The standard InChI is InChI=1S/C33H46N2O3S/c1-4-5-6-7-8-9-10-11-12-13-14-17-23-38-32-30(21-18-22-31(32)37-3)34-33(36)29-20-16-15-19-28(29)25-35-24-27(2)39-26-35/h15-16,18-22,24,26H,4-14,17,23,25H2,1-3H3/p+1. The second kappa shape index (κ2) is 17.7. The Morgan fingerprint density at radius 1 is 0.872 bits per heavy atom. The van der Waals surface area contributed by atoms with Gasteiger partial charge in [0.1, 0.15) is 0 Å². The van der Waals surface area contributed by atoms with E-state index in [0.717, 1.165) is 18.4 Å². The van der Waals surface area contributed by atoms with Crippen molar-refractivity contribution in [2.75, 3.05) is 19.0 Å². The molecule has 6 heteroatoms. The first-order valence-corrected chi connectivity index (χ1v) is 15.6. The van der Waals surface area contributed by atoms with Gasteiger partial charge in [-0.3, -0.25) is 4.79 Å². The topological polar surface area (TPSA) is 51.4 Å². The Morgan fingerprint density at radius 3 is 2.18 bits per heavy atom. The van der Waals surface area contributed by atoms with Crippen LogP contribution >= 0.6 is 11.3 Å². The zero-order valence-corrected chi connectivity index (χ0v) is 25.0. The van der Waals surface area contributed by atoms with E-state index in [1.54, 1.807) is 18.4 Å². The van der Waals surface area contributed by atoms with Crippen LogP contribution in [0, 0.1) is 6.92 Å². The Bertz CT molecular complexity index is 1130. The number of aromatic nitrogens is 1. The Hall–Kier alpha value is -2.86. The summed E-state index contributed by atoms with van der Waals surface area (Å²) < 4.78 is 13.8. The number of hydrogen-bond acceptors (Lipinski definition) is 4. The predicted molar refractivity (Wildman–Crippen MR) is 162 cm³/mol. The van der Waals surface area contributed by atoms with Crippen LogP contribution < -0.4 is 19.4 Å². The van der Waals surface area contributed by atoms with Crippen LogP contribution in [0.5, 0.6) is 11.5 Å². The molecule has 39 heavy (non-hydrogen) atoms. The molecule has 0 atom stereocenters. The van der Waals surface area contributed by atoms with Crippen LogP contribution in [-0.2, 0) is 6.54 Å². The molecular formula is C33H47N2O3S+. The van der Waals surface area contributed by atoms with Gasteiger partial charge in [0.15, 0.2) is 24.2 Å². The van der Waals surface area contributed by atoms with Crippen molar-refractivity contribution < 1.29 is 18.8 Å². The van der Waals surface area contributed by atoms with Crippen LogP contribution in [-0.4, -0.2) is 19.6 Å². The van der Waals surface area contributed by atoms with Gasteiger partial charge in [-0.25, -0.2) is 0 Å². The number of para-hydroxylation sites is 1. The molecule has 3 rings (SSSR count). The second-order valence-corrected chi connectivity index (χ2v) is 11.4. The van der Waals surface area contributed by atoms with Gasteiger partial charge in [0, 0.05) is 11.1 Å². The number of nitrogens with zero attached hydrogens (tertiary/aromatic N) is 1. The molecule has 0 saturated carbocycles. The molecule has 5 nitrogen and oxygen atoms in total. The van der Waals surface area contributed by atoms with E-state index in [1.807, 2.05) is 42.5 Å². The van der Waals surface area contributed by atoms with Crippen LogP contribution in [0.4, 0.5) is 5.69 Å². The van der Waals surface area contributed by atoms with E-state index in [4.69, 9.17) is 9.47 Å². The number of ether oxygens (including phenoxy) is 2. The molecule has 2 aromatic carbocycles. The number of rotatable bonds is 19. The minimum atomic E-state index is -0.151. The van der Waals surface area contributed by atoms with Crippen LogP contribution in [0.3, 0.4) is 0 Å². The summed E-state index contributed by atoms with van der Waals surface area (Å²) in [5.74, 6) is 1.07. The lowest BCUT2D eigenvalue weighted by Crippen LogP contribution is -2.32. The molecule has 0 unspecified atom stereocenters. The van der Waals surface area contributed by atoms with E-state index in [1.165, 1.54) is 69.1 Å².